The molecule has 166 valence electrons. The van der Waals surface area contributed by atoms with Crippen molar-refractivity contribution in [3.05, 3.63) is 57.7 Å². The standard InChI is InChI=1S/C23H30ClN5O2/c1-3-31-23(30)19-13-27-22(20(15(2)26)21(19)24)28-18-8-10-29(11-9-18)14-17-6-4-16(12-25)5-7-17/h4-7,13,18,26H,3,8-12,14,25H2,1-2H3,(H,27,28). The Morgan fingerprint density at radius 3 is 2.52 bits per heavy atom. The summed E-state index contributed by atoms with van der Waals surface area (Å²) in [7, 11) is 0. The number of nitrogens with one attached hydrogen (secondary N) is 2. The third kappa shape index (κ3) is 5.81. The molecule has 0 atom stereocenters. The molecule has 2 heterocycles. The molecule has 4 N–H and O–H groups in total. The molecule has 0 spiro atoms. The van der Waals surface area contributed by atoms with Crippen molar-refractivity contribution in [2.24, 2.45) is 5.73 Å². The molecule has 0 bridgehead atoms. The number of likely N-dealkylation sites (tertiary alicyclic amines) is 1. The Hall–Kier alpha value is -2.48. The van der Waals surface area contributed by atoms with Crippen molar-refractivity contribution in [2.75, 3.05) is 25.0 Å². The number of esters is 1. The van der Waals surface area contributed by atoms with Crippen LogP contribution in [-0.2, 0) is 17.8 Å². The summed E-state index contributed by atoms with van der Waals surface area (Å²) in [5.74, 6) is 0.0169. The van der Waals surface area contributed by atoms with E-state index in [-0.39, 0.29) is 28.9 Å². The van der Waals surface area contributed by atoms with E-state index in [1.807, 2.05) is 0 Å². The van der Waals surface area contributed by atoms with Gasteiger partial charge < -0.3 is 21.2 Å². The molecule has 1 aliphatic heterocycles. The van der Waals surface area contributed by atoms with E-state index in [2.05, 4.69) is 39.5 Å². The zero-order chi connectivity index (χ0) is 22.4. The Balaban J connectivity index is 1.63. The van der Waals surface area contributed by atoms with Crippen LogP contribution in [0.2, 0.25) is 5.02 Å². The molecule has 1 fully saturated rings. The average molecular weight is 444 g/mol. The van der Waals surface area contributed by atoms with Gasteiger partial charge in [0.15, 0.2) is 0 Å². The molecule has 2 aromatic rings. The fraction of sp³-hybridized carbons (Fsp3) is 0.435. The molecule has 1 aromatic heterocycles. The van der Waals surface area contributed by atoms with Gasteiger partial charge >= 0.3 is 5.97 Å². The number of aromatic nitrogens is 1. The fourth-order valence-electron chi connectivity index (χ4n) is 3.76. The minimum atomic E-state index is -0.526. The summed E-state index contributed by atoms with van der Waals surface area (Å²) < 4.78 is 5.04. The number of nitrogens with zero attached hydrogens (tertiary/aromatic N) is 2. The van der Waals surface area contributed by atoms with Crippen LogP contribution in [0.1, 0.15) is 53.7 Å². The summed E-state index contributed by atoms with van der Waals surface area (Å²) in [4.78, 5) is 18.9. The lowest BCUT2D eigenvalue weighted by molar-refractivity contribution is 0.0526. The topological polar surface area (TPSA) is 104 Å². The Labute approximate surface area is 188 Å². The van der Waals surface area contributed by atoms with E-state index >= 15 is 0 Å². The second kappa shape index (κ2) is 10.7. The molecule has 0 unspecified atom stereocenters. The largest absolute Gasteiger partial charge is 0.462 e. The number of rotatable bonds is 8. The van der Waals surface area contributed by atoms with Gasteiger partial charge in [0.2, 0.25) is 0 Å². The highest BCUT2D eigenvalue weighted by Crippen LogP contribution is 2.29. The molecule has 1 aliphatic rings. The maximum atomic E-state index is 12.1. The normalized spacial score (nSPS) is 15.0. The lowest BCUT2D eigenvalue weighted by atomic mass is 10.0. The van der Waals surface area contributed by atoms with Gasteiger partial charge in [-0.05, 0) is 37.8 Å². The molecule has 1 saturated heterocycles. The third-order valence-corrected chi connectivity index (χ3v) is 5.87. The van der Waals surface area contributed by atoms with E-state index in [0.29, 0.717) is 17.9 Å². The van der Waals surface area contributed by atoms with E-state index in [0.717, 1.165) is 38.0 Å². The summed E-state index contributed by atoms with van der Waals surface area (Å²) >= 11 is 6.45. The number of piperidine rings is 1. The Morgan fingerprint density at radius 2 is 1.94 bits per heavy atom. The first-order valence-electron chi connectivity index (χ1n) is 10.6. The molecular formula is C23H30ClN5O2. The van der Waals surface area contributed by atoms with Crippen LogP contribution in [0.25, 0.3) is 0 Å². The van der Waals surface area contributed by atoms with Crippen LogP contribution in [0.3, 0.4) is 0 Å². The summed E-state index contributed by atoms with van der Waals surface area (Å²) in [6.07, 6.45) is 3.34. The van der Waals surface area contributed by atoms with Crippen molar-refractivity contribution in [2.45, 2.75) is 45.8 Å². The summed E-state index contributed by atoms with van der Waals surface area (Å²) in [6.45, 7) is 7.03. The van der Waals surface area contributed by atoms with E-state index in [1.54, 1.807) is 13.8 Å². The van der Waals surface area contributed by atoms with Crippen LogP contribution in [-0.4, -0.2) is 47.3 Å². The first-order chi connectivity index (χ1) is 14.9. The summed E-state index contributed by atoms with van der Waals surface area (Å²) in [5, 5.41) is 11.8. The number of carbonyl (C=O) groups is 1. The van der Waals surface area contributed by atoms with Crippen LogP contribution in [0.5, 0.6) is 0 Å². The van der Waals surface area contributed by atoms with E-state index in [1.165, 1.54) is 11.8 Å². The smallest absolute Gasteiger partial charge is 0.341 e. The van der Waals surface area contributed by atoms with Gasteiger partial charge in [0, 0.05) is 44.1 Å². The first-order valence-corrected chi connectivity index (χ1v) is 11.0. The SMILES string of the molecule is CCOC(=O)c1cnc(NC2CCN(Cc3ccc(CN)cc3)CC2)c(C(C)=N)c1Cl. The van der Waals surface area contributed by atoms with E-state index in [9.17, 15) is 4.79 Å². The van der Waals surface area contributed by atoms with Crippen LogP contribution >= 0.6 is 11.6 Å². The number of carbonyl (C=O) groups excluding carboxylic acids is 1. The Kier molecular flexibility index (Phi) is 8.01. The molecule has 7 nitrogen and oxygen atoms in total. The maximum absolute atomic E-state index is 12.1. The highest BCUT2D eigenvalue weighted by Gasteiger charge is 2.24. The van der Waals surface area contributed by atoms with Crippen molar-refractivity contribution < 1.29 is 9.53 Å². The predicted molar refractivity (Wildman–Crippen MR) is 124 cm³/mol. The average Bonchev–Trinajstić information content (AvgIpc) is 2.75. The predicted octanol–water partition coefficient (Wildman–Crippen LogP) is 3.83. The number of hydrogen-bond acceptors (Lipinski definition) is 7. The second-order valence-corrected chi connectivity index (χ2v) is 8.15. The van der Waals surface area contributed by atoms with Crippen molar-refractivity contribution in [3.63, 3.8) is 0 Å². The number of anilines is 1. The monoisotopic (exact) mass is 443 g/mol. The number of hydrogen-bond donors (Lipinski definition) is 3. The summed E-state index contributed by atoms with van der Waals surface area (Å²) in [6, 6.07) is 8.68. The van der Waals surface area contributed by atoms with Gasteiger partial charge in [-0.1, -0.05) is 35.9 Å². The number of nitrogens with two attached hydrogens (primary N) is 1. The van der Waals surface area contributed by atoms with Crippen LogP contribution in [0.4, 0.5) is 5.82 Å². The van der Waals surface area contributed by atoms with Crippen molar-refractivity contribution in [1.29, 1.82) is 5.41 Å². The molecule has 0 radical (unpaired) electrons. The van der Waals surface area contributed by atoms with Crippen molar-refractivity contribution in [3.8, 4) is 0 Å². The van der Waals surface area contributed by atoms with Crippen LogP contribution in [0, 0.1) is 5.41 Å². The Bertz CT molecular complexity index is 924. The highest BCUT2D eigenvalue weighted by atomic mass is 35.5. The van der Waals surface area contributed by atoms with Gasteiger partial charge in [0.25, 0.3) is 0 Å². The van der Waals surface area contributed by atoms with Gasteiger partial charge in [-0.15, -0.1) is 0 Å². The fourth-order valence-corrected chi connectivity index (χ4v) is 4.12. The van der Waals surface area contributed by atoms with E-state index in [4.69, 9.17) is 27.5 Å². The molecule has 0 amide bonds. The van der Waals surface area contributed by atoms with Gasteiger partial charge in [-0.3, -0.25) is 4.90 Å². The number of ether oxygens (including phenoxy) is 1. The Morgan fingerprint density at radius 1 is 1.29 bits per heavy atom. The minimum absolute atomic E-state index is 0.186. The molecule has 1 aromatic carbocycles. The highest BCUT2D eigenvalue weighted by molar-refractivity contribution is 6.37. The van der Waals surface area contributed by atoms with E-state index < -0.39 is 5.97 Å². The van der Waals surface area contributed by atoms with Gasteiger partial charge in [0.1, 0.15) is 5.82 Å². The number of halogens is 1. The lowest BCUT2D eigenvalue weighted by Crippen LogP contribution is -2.39. The zero-order valence-corrected chi connectivity index (χ0v) is 18.8. The number of benzene rings is 1. The lowest BCUT2D eigenvalue weighted by Gasteiger charge is -2.33. The molecule has 31 heavy (non-hydrogen) atoms. The minimum Gasteiger partial charge on any atom is -0.462 e. The van der Waals surface area contributed by atoms with Crippen LogP contribution in [0.15, 0.2) is 30.5 Å². The zero-order valence-electron chi connectivity index (χ0n) is 18.1. The van der Waals surface area contributed by atoms with Gasteiger partial charge in [0.05, 0.1) is 22.8 Å². The molecule has 3 rings (SSSR count). The first kappa shape index (κ1) is 23.2. The van der Waals surface area contributed by atoms with Crippen LogP contribution < -0.4 is 11.1 Å². The van der Waals surface area contributed by atoms with Gasteiger partial charge in [-0.2, -0.15) is 0 Å². The number of pyridine rings is 1. The van der Waals surface area contributed by atoms with Gasteiger partial charge in [-0.25, -0.2) is 9.78 Å². The third-order valence-electron chi connectivity index (χ3n) is 5.48. The van der Waals surface area contributed by atoms with Crippen molar-refractivity contribution in [1.82, 2.24) is 9.88 Å². The molecule has 0 aliphatic carbocycles. The summed E-state index contributed by atoms with van der Waals surface area (Å²) in [5.41, 5.74) is 8.99. The quantitative estimate of drug-likeness (QED) is 0.423. The molecule has 0 saturated carbocycles. The molecular weight excluding hydrogens is 414 g/mol. The maximum Gasteiger partial charge on any atom is 0.341 e. The second-order valence-electron chi connectivity index (χ2n) is 7.77. The molecule has 8 heteroatoms. The van der Waals surface area contributed by atoms with Crippen molar-refractivity contribution >= 4 is 29.1 Å².